The molecule has 37 heavy (non-hydrogen) atoms. The van der Waals surface area contributed by atoms with Crippen molar-refractivity contribution in [3.05, 3.63) is 60.3 Å². The van der Waals surface area contributed by atoms with Gasteiger partial charge in [0.05, 0.1) is 28.8 Å². The molecule has 2 atom stereocenters. The van der Waals surface area contributed by atoms with Crippen LogP contribution in [0.5, 0.6) is 0 Å². The molecule has 4 heterocycles. The number of imidazole rings is 1. The summed E-state index contributed by atoms with van der Waals surface area (Å²) >= 11 is 0. The summed E-state index contributed by atoms with van der Waals surface area (Å²) in [5, 5.41) is 10.4. The molecule has 0 bridgehead atoms. The van der Waals surface area contributed by atoms with E-state index in [1.54, 1.807) is 13.0 Å². The van der Waals surface area contributed by atoms with Gasteiger partial charge in [-0.15, -0.1) is 0 Å². The molecule has 2 fully saturated rings. The van der Waals surface area contributed by atoms with E-state index in [0.29, 0.717) is 24.6 Å². The van der Waals surface area contributed by atoms with Crippen LogP contribution in [0.1, 0.15) is 30.1 Å². The number of carbonyl (C=O) groups excluding carboxylic acids is 2. The number of nitrogens with one attached hydrogen (secondary N) is 3. The highest BCUT2D eigenvalue weighted by Crippen LogP contribution is 2.35. The zero-order valence-electron chi connectivity index (χ0n) is 21.1. The number of pyridine rings is 1. The molecule has 6 rings (SSSR count). The Labute approximate surface area is 215 Å². The molecule has 1 unspecified atom stereocenters. The van der Waals surface area contributed by atoms with Crippen molar-refractivity contribution in [3.63, 3.8) is 0 Å². The van der Waals surface area contributed by atoms with E-state index in [1.807, 2.05) is 37.5 Å². The third kappa shape index (κ3) is 4.51. The van der Waals surface area contributed by atoms with Gasteiger partial charge in [-0.05, 0) is 68.2 Å². The number of aromatic nitrogens is 4. The Hall–Kier alpha value is -3.98. The molecule has 3 aromatic heterocycles. The number of nitrogens with zero attached hydrogens (tertiary/aromatic N) is 4. The van der Waals surface area contributed by atoms with E-state index in [2.05, 4.69) is 42.2 Å². The van der Waals surface area contributed by atoms with Gasteiger partial charge in [0.25, 0.3) is 5.91 Å². The molecule has 1 aliphatic heterocycles. The molecule has 0 radical (unpaired) electrons. The second kappa shape index (κ2) is 9.48. The predicted molar refractivity (Wildman–Crippen MR) is 143 cm³/mol. The largest absolute Gasteiger partial charge is 0.346 e. The maximum absolute atomic E-state index is 13.2. The zero-order valence-corrected chi connectivity index (χ0v) is 21.1. The number of hydrogen-bond acceptors (Lipinski definition) is 5. The normalized spacial score (nSPS) is 19.7. The van der Waals surface area contributed by atoms with Crippen molar-refractivity contribution >= 4 is 33.9 Å². The van der Waals surface area contributed by atoms with Crippen LogP contribution >= 0.6 is 0 Å². The summed E-state index contributed by atoms with van der Waals surface area (Å²) in [4.78, 5) is 34.8. The van der Waals surface area contributed by atoms with Crippen molar-refractivity contribution in [2.75, 3.05) is 13.1 Å². The van der Waals surface area contributed by atoms with Crippen molar-refractivity contribution in [2.45, 2.75) is 38.4 Å². The van der Waals surface area contributed by atoms with Gasteiger partial charge in [-0.1, -0.05) is 6.08 Å². The summed E-state index contributed by atoms with van der Waals surface area (Å²) in [5.74, 6) is 1.21. The average Bonchev–Trinajstić information content (AvgIpc) is 3.37. The molecule has 0 spiro atoms. The van der Waals surface area contributed by atoms with Crippen molar-refractivity contribution in [2.24, 2.45) is 13.0 Å². The van der Waals surface area contributed by atoms with Crippen LogP contribution in [0.4, 0.5) is 0 Å². The Bertz CT molecular complexity index is 1530. The lowest BCUT2D eigenvalue weighted by Crippen LogP contribution is -2.50. The van der Waals surface area contributed by atoms with E-state index < -0.39 is 0 Å². The first kappa shape index (κ1) is 23.4. The summed E-state index contributed by atoms with van der Waals surface area (Å²) in [6, 6.07) is 11.5. The number of amides is 2. The minimum absolute atomic E-state index is 0.160. The fourth-order valence-electron chi connectivity index (χ4n) is 5.20. The van der Waals surface area contributed by atoms with Crippen LogP contribution in [0.2, 0.25) is 0 Å². The second-order valence-corrected chi connectivity index (χ2v) is 10.1. The number of allylic oxidation sites excluding steroid dienone is 1. The van der Waals surface area contributed by atoms with Gasteiger partial charge in [0.15, 0.2) is 5.82 Å². The van der Waals surface area contributed by atoms with Gasteiger partial charge in [0.2, 0.25) is 5.91 Å². The maximum atomic E-state index is 13.2. The average molecular weight is 498 g/mol. The third-order valence-corrected chi connectivity index (χ3v) is 7.34. The lowest BCUT2D eigenvalue weighted by Gasteiger charge is -2.20. The predicted octanol–water partition coefficient (Wildman–Crippen LogP) is 2.76. The second-order valence-electron chi connectivity index (χ2n) is 10.1. The van der Waals surface area contributed by atoms with Gasteiger partial charge in [0, 0.05) is 43.8 Å². The standard InChI is InChI=1S/C28H31N7O2/c1-3-5-25(36)31-21-14-29-15-22(21)33-28(37)19-9-10-23-20(12-19)32-27(34(23)2)24-13-18-6-4-11-30-26(18)35(24)16-17-7-8-17/h3-6,9-13,17,21-22,29H,7-8,14-16H2,1-2H3,(H,31,36)(H,33,37)/b5-3+/t21?,22-/m1/s1. The van der Waals surface area contributed by atoms with E-state index in [1.165, 1.54) is 18.9 Å². The molecule has 2 amide bonds. The fraction of sp³-hybridized carbons (Fsp3) is 0.357. The molecule has 9 nitrogen and oxygen atoms in total. The van der Waals surface area contributed by atoms with Crippen LogP contribution in [-0.4, -0.2) is 56.1 Å². The Morgan fingerprint density at radius 2 is 1.95 bits per heavy atom. The van der Waals surface area contributed by atoms with Gasteiger partial charge in [0.1, 0.15) is 5.65 Å². The summed E-state index contributed by atoms with van der Waals surface area (Å²) < 4.78 is 4.37. The SMILES string of the molecule is C/C=C/C(=O)NC1CNC[C@H]1NC(=O)c1ccc2c(c1)nc(-c1cc3cccnc3n1CC1CC1)n2C. The van der Waals surface area contributed by atoms with Gasteiger partial charge >= 0.3 is 0 Å². The van der Waals surface area contributed by atoms with Crippen molar-refractivity contribution in [1.29, 1.82) is 0 Å². The first-order valence-electron chi connectivity index (χ1n) is 12.9. The number of hydrogen-bond donors (Lipinski definition) is 3. The molecule has 2 aliphatic rings. The molecule has 1 saturated carbocycles. The van der Waals surface area contributed by atoms with Crippen molar-refractivity contribution in [3.8, 4) is 11.5 Å². The Morgan fingerprint density at radius 1 is 1.14 bits per heavy atom. The Balaban J connectivity index is 1.28. The van der Waals surface area contributed by atoms with E-state index in [9.17, 15) is 9.59 Å². The van der Waals surface area contributed by atoms with Crippen LogP contribution < -0.4 is 16.0 Å². The molecule has 1 saturated heterocycles. The summed E-state index contributed by atoms with van der Waals surface area (Å²) in [5.41, 5.74) is 4.30. The minimum atomic E-state index is -0.192. The van der Waals surface area contributed by atoms with Gasteiger partial charge in [-0.2, -0.15) is 0 Å². The minimum Gasteiger partial charge on any atom is -0.346 e. The van der Waals surface area contributed by atoms with Crippen LogP contribution in [0.3, 0.4) is 0 Å². The van der Waals surface area contributed by atoms with E-state index >= 15 is 0 Å². The van der Waals surface area contributed by atoms with E-state index in [0.717, 1.165) is 40.1 Å². The highest BCUT2D eigenvalue weighted by atomic mass is 16.2. The first-order chi connectivity index (χ1) is 18.0. The topological polar surface area (TPSA) is 106 Å². The quantitative estimate of drug-likeness (QED) is 0.341. The smallest absolute Gasteiger partial charge is 0.251 e. The number of rotatable bonds is 7. The third-order valence-electron chi connectivity index (χ3n) is 7.34. The summed E-state index contributed by atoms with van der Waals surface area (Å²) in [6.45, 7) is 3.95. The van der Waals surface area contributed by atoms with Gasteiger partial charge in [-0.25, -0.2) is 9.97 Å². The number of benzene rings is 1. The molecule has 190 valence electrons. The first-order valence-corrected chi connectivity index (χ1v) is 12.9. The highest BCUT2D eigenvalue weighted by Gasteiger charge is 2.30. The van der Waals surface area contributed by atoms with Crippen LogP contribution in [0.15, 0.2) is 54.7 Å². The Kier molecular flexibility index (Phi) is 6.00. The molecule has 4 aromatic rings. The molecular formula is C28H31N7O2. The Morgan fingerprint density at radius 3 is 2.73 bits per heavy atom. The fourth-order valence-corrected chi connectivity index (χ4v) is 5.20. The highest BCUT2D eigenvalue weighted by molar-refractivity contribution is 5.98. The molecule has 3 N–H and O–H groups in total. The molecule has 1 aromatic carbocycles. The van der Waals surface area contributed by atoms with Crippen molar-refractivity contribution in [1.82, 2.24) is 35.1 Å². The van der Waals surface area contributed by atoms with Crippen LogP contribution in [0, 0.1) is 5.92 Å². The van der Waals surface area contributed by atoms with Crippen LogP contribution in [0.25, 0.3) is 33.6 Å². The molecule has 9 heteroatoms. The number of fused-ring (bicyclic) bond motifs is 2. The molecule has 1 aliphatic carbocycles. The summed E-state index contributed by atoms with van der Waals surface area (Å²) in [7, 11) is 2.01. The number of carbonyl (C=O) groups is 2. The lowest BCUT2D eigenvalue weighted by molar-refractivity contribution is -0.117. The number of aryl methyl sites for hydroxylation is 1. The monoisotopic (exact) mass is 497 g/mol. The van der Waals surface area contributed by atoms with E-state index in [4.69, 9.17) is 4.98 Å². The van der Waals surface area contributed by atoms with E-state index in [-0.39, 0.29) is 23.9 Å². The van der Waals surface area contributed by atoms with Gasteiger partial charge in [-0.3, -0.25) is 9.59 Å². The van der Waals surface area contributed by atoms with Gasteiger partial charge < -0.3 is 25.1 Å². The van der Waals surface area contributed by atoms with Crippen LogP contribution in [-0.2, 0) is 18.4 Å². The molecular weight excluding hydrogens is 466 g/mol. The summed E-state index contributed by atoms with van der Waals surface area (Å²) in [6.07, 6.45) is 7.53. The zero-order chi connectivity index (χ0) is 25.5. The van der Waals surface area contributed by atoms with Crippen molar-refractivity contribution < 1.29 is 9.59 Å². The maximum Gasteiger partial charge on any atom is 0.251 e. The lowest BCUT2D eigenvalue weighted by atomic mass is 10.1.